The van der Waals surface area contributed by atoms with Gasteiger partial charge in [-0.05, 0) is 49.4 Å². The van der Waals surface area contributed by atoms with Gasteiger partial charge >= 0.3 is 0 Å². The van der Waals surface area contributed by atoms with Crippen molar-refractivity contribution in [2.45, 2.75) is 39.7 Å². The molecule has 1 aliphatic heterocycles. The van der Waals surface area contributed by atoms with Gasteiger partial charge in [0.05, 0.1) is 0 Å². The molecular weight excluding hydrogens is 352 g/mol. The van der Waals surface area contributed by atoms with Gasteiger partial charge in [-0.2, -0.15) is 0 Å². The zero-order chi connectivity index (χ0) is 20.1. The van der Waals surface area contributed by atoms with Crippen LogP contribution in [0.1, 0.15) is 31.4 Å². The van der Waals surface area contributed by atoms with E-state index in [0.717, 1.165) is 17.7 Å². The maximum atomic E-state index is 13.2. The van der Waals surface area contributed by atoms with Gasteiger partial charge in [0.25, 0.3) is 5.91 Å². The van der Waals surface area contributed by atoms with E-state index in [9.17, 15) is 9.59 Å². The monoisotopic (exact) mass is 380 g/mol. The molecule has 1 atom stereocenters. The highest BCUT2D eigenvalue weighted by Gasteiger charge is 2.31. The van der Waals surface area contributed by atoms with E-state index in [1.54, 1.807) is 4.90 Å². The number of fused-ring (bicyclic) bond motifs is 1. The molecule has 0 unspecified atom stereocenters. The summed E-state index contributed by atoms with van der Waals surface area (Å²) in [7, 11) is 0. The summed E-state index contributed by atoms with van der Waals surface area (Å²) in [5.41, 5.74) is 3.25. The lowest BCUT2D eigenvalue weighted by molar-refractivity contribution is -0.129. The van der Waals surface area contributed by atoms with Crippen molar-refractivity contribution in [2.75, 3.05) is 18.1 Å². The maximum absolute atomic E-state index is 13.2. The predicted molar refractivity (Wildman–Crippen MR) is 111 cm³/mol. The van der Waals surface area contributed by atoms with Crippen LogP contribution in [-0.4, -0.2) is 31.0 Å². The van der Waals surface area contributed by atoms with E-state index in [1.807, 2.05) is 69.3 Å². The fourth-order valence-corrected chi connectivity index (χ4v) is 3.47. The molecule has 2 aromatic rings. The average Bonchev–Trinajstić information content (AvgIpc) is 3.10. The largest absolute Gasteiger partial charge is 0.484 e. The van der Waals surface area contributed by atoms with E-state index in [0.29, 0.717) is 18.7 Å². The van der Waals surface area contributed by atoms with E-state index < -0.39 is 6.04 Å². The van der Waals surface area contributed by atoms with E-state index in [4.69, 9.17) is 4.74 Å². The number of aryl methyl sites for hydroxylation is 1. The van der Waals surface area contributed by atoms with Crippen molar-refractivity contribution in [1.29, 1.82) is 0 Å². The highest BCUT2D eigenvalue weighted by Crippen LogP contribution is 2.28. The lowest BCUT2D eigenvalue weighted by atomic mass is 10.0. The fourth-order valence-electron chi connectivity index (χ4n) is 3.47. The molecule has 0 aliphatic carbocycles. The lowest BCUT2D eigenvalue weighted by Crippen LogP contribution is -2.50. The van der Waals surface area contributed by atoms with Gasteiger partial charge < -0.3 is 15.0 Å². The first-order chi connectivity index (χ1) is 13.4. The smallest absolute Gasteiger partial charge is 0.258 e. The normalized spacial score (nSPS) is 13.9. The number of ether oxygens (including phenoxy) is 1. The van der Waals surface area contributed by atoms with Crippen LogP contribution in [-0.2, 0) is 16.0 Å². The Morgan fingerprint density at radius 2 is 1.82 bits per heavy atom. The summed E-state index contributed by atoms with van der Waals surface area (Å²) in [5, 5.41) is 2.88. The molecular formula is C23H28N2O3. The van der Waals surface area contributed by atoms with Crippen LogP contribution in [0.5, 0.6) is 5.75 Å². The molecule has 0 bridgehead atoms. The van der Waals surface area contributed by atoms with Crippen LogP contribution in [0.25, 0.3) is 0 Å². The number of hydrogen-bond acceptors (Lipinski definition) is 3. The van der Waals surface area contributed by atoms with Gasteiger partial charge in [0.2, 0.25) is 5.91 Å². The second kappa shape index (κ2) is 8.91. The molecule has 0 saturated carbocycles. The third-order valence-electron chi connectivity index (χ3n) is 4.88. The van der Waals surface area contributed by atoms with Gasteiger partial charge in [-0.1, -0.05) is 49.7 Å². The van der Waals surface area contributed by atoms with Gasteiger partial charge in [0.1, 0.15) is 11.8 Å². The molecule has 2 aromatic carbocycles. The van der Waals surface area contributed by atoms with Crippen molar-refractivity contribution in [3.8, 4) is 5.75 Å². The predicted octanol–water partition coefficient (Wildman–Crippen LogP) is 3.49. The quantitative estimate of drug-likeness (QED) is 0.800. The van der Waals surface area contributed by atoms with Crippen LogP contribution < -0.4 is 15.0 Å². The Morgan fingerprint density at radius 1 is 1.11 bits per heavy atom. The molecule has 28 heavy (non-hydrogen) atoms. The van der Waals surface area contributed by atoms with Crippen LogP contribution in [0.3, 0.4) is 0 Å². The molecule has 0 radical (unpaired) electrons. The summed E-state index contributed by atoms with van der Waals surface area (Å²) in [6.07, 6.45) is 1.44. The summed E-state index contributed by atoms with van der Waals surface area (Å²) in [5.74, 6) is 0.584. The van der Waals surface area contributed by atoms with Gasteiger partial charge in [-0.25, -0.2) is 0 Å². The molecule has 0 saturated heterocycles. The second-order valence-corrected chi connectivity index (χ2v) is 7.72. The number of benzene rings is 2. The number of carbonyl (C=O) groups excluding carboxylic acids is 2. The minimum absolute atomic E-state index is 0.0534. The van der Waals surface area contributed by atoms with Crippen molar-refractivity contribution < 1.29 is 14.3 Å². The maximum Gasteiger partial charge on any atom is 0.258 e. The number of nitrogens with one attached hydrogen (secondary N) is 1. The van der Waals surface area contributed by atoms with E-state index in [1.165, 1.54) is 5.56 Å². The van der Waals surface area contributed by atoms with Crippen molar-refractivity contribution in [3.63, 3.8) is 0 Å². The molecule has 1 aliphatic rings. The van der Waals surface area contributed by atoms with Gasteiger partial charge in [0.15, 0.2) is 6.61 Å². The number of carbonyl (C=O) groups is 2. The molecule has 1 N–H and O–H groups in total. The highest BCUT2D eigenvalue weighted by atomic mass is 16.5. The van der Waals surface area contributed by atoms with E-state index >= 15 is 0 Å². The topological polar surface area (TPSA) is 58.6 Å². The van der Waals surface area contributed by atoms with Crippen LogP contribution in [0.15, 0.2) is 48.5 Å². The Morgan fingerprint density at radius 3 is 2.54 bits per heavy atom. The minimum Gasteiger partial charge on any atom is -0.484 e. The molecule has 2 amide bonds. The Labute approximate surface area is 166 Å². The third-order valence-corrected chi connectivity index (χ3v) is 4.88. The Kier molecular flexibility index (Phi) is 6.34. The van der Waals surface area contributed by atoms with Crippen molar-refractivity contribution >= 4 is 17.5 Å². The molecule has 1 heterocycles. The van der Waals surface area contributed by atoms with Crippen LogP contribution in [0, 0.1) is 12.8 Å². The van der Waals surface area contributed by atoms with Crippen LogP contribution in [0.4, 0.5) is 5.69 Å². The summed E-state index contributed by atoms with van der Waals surface area (Å²) in [6.45, 7) is 6.64. The lowest BCUT2D eigenvalue weighted by Gasteiger charge is -2.26. The number of rotatable bonds is 7. The molecule has 3 rings (SSSR count). The number of para-hydroxylation sites is 1. The second-order valence-electron chi connectivity index (χ2n) is 7.72. The van der Waals surface area contributed by atoms with Crippen molar-refractivity contribution in [3.05, 3.63) is 59.7 Å². The molecule has 0 fully saturated rings. The van der Waals surface area contributed by atoms with Gasteiger partial charge in [-0.3, -0.25) is 9.59 Å². The number of hydrogen-bond donors (Lipinski definition) is 1. The molecule has 0 aromatic heterocycles. The molecule has 0 spiro atoms. The molecule has 5 heteroatoms. The molecule has 5 nitrogen and oxygen atoms in total. The average molecular weight is 380 g/mol. The van der Waals surface area contributed by atoms with E-state index in [-0.39, 0.29) is 24.3 Å². The first-order valence-corrected chi connectivity index (χ1v) is 9.82. The fraction of sp³-hybridized carbons (Fsp3) is 0.391. The molecule has 148 valence electrons. The van der Waals surface area contributed by atoms with Crippen LogP contribution >= 0.6 is 0 Å². The highest BCUT2D eigenvalue weighted by molar-refractivity contribution is 6.00. The van der Waals surface area contributed by atoms with E-state index in [2.05, 4.69) is 5.32 Å². The third kappa shape index (κ3) is 4.91. The number of anilines is 1. The summed E-state index contributed by atoms with van der Waals surface area (Å²) in [4.78, 5) is 27.4. The SMILES string of the molecule is Cc1ccc(OCC(=O)N[C@@H](CC(C)C)C(=O)N2CCc3ccccc32)cc1. The standard InChI is InChI=1S/C23H28N2O3/c1-16(2)14-20(23(27)25-13-12-18-6-4-5-7-21(18)25)24-22(26)15-28-19-10-8-17(3)9-11-19/h4-11,16,20H,12-15H2,1-3H3,(H,24,26)/t20-/m0/s1. The first-order valence-electron chi connectivity index (χ1n) is 9.82. The minimum atomic E-state index is -0.555. The van der Waals surface area contributed by atoms with Crippen LogP contribution in [0.2, 0.25) is 0 Å². The Balaban J connectivity index is 1.64. The van der Waals surface area contributed by atoms with Crippen molar-refractivity contribution in [2.24, 2.45) is 5.92 Å². The first kappa shape index (κ1) is 19.9. The zero-order valence-electron chi connectivity index (χ0n) is 16.8. The Bertz CT molecular complexity index is 830. The number of nitrogens with zero attached hydrogens (tertiary/aromatic N) is 1. The summed E-state index contributed by atoms with van der Waals surface area (Å²) in [6, 6.07) is 14.9. The van der Waals surface area contributed by atoms with Gasteiger partial charge in [0, 0.05) is 12.2 Å². The van der Waals surface area contributed by atoms with Gasteiger partial charge in [-0.15, -0.1) is 0 Å². The summed E-state index contributed by atoms with van der Waals surface area (Å²) >= 11 is 0. The van der Waals surface area contributed by atoms with Crippen molar-refractivity contribution in [1.82, 2.24) is 5.32 Å². The number of amides is 2. The zero-order valence-corrected chi connectivity index (χ0v) is 16.8. The summed E-state index contributed by atoms with van der Waals surface area (Å²) < 4.78 is 5.55. The Hall–Kier alpha value is -2.82.